The molecule has 15 N–H and O–H groups in total. The fourth-order valence-electron chi connectivity index (χ4n) is 9.15. The molecule has 24 heteroatoms. The molecule has 2 aromatic carbocycles. The Morgan fingerprint density at radius 1 is 0.824 bits per heavy atom. The number of nitrogens with zero attached hydrogens (tertiary/aromatic N) is 3. The van der Waals surface area contributed by atoms with Crippen LogP contribution >= 0.6 is 0 Å². The topological polar surface area (TPSA) is 376 Å². The second-order valence-corrected chi connectivity index (χ2v) is 18.6. The molecule has 0 bridgehead atoms. The zero-order valence-corrected chi connectivity index (χ0v) is 41.5. The summed E-state index contributed by atoms with van der Waals surface area (Å²) in [6, 6.07) is 5.98. The van der Waals surface area contributed by atoms with Crippen LogP contribution in [0.4, 0.5) is 0 Å². The van der Waals surface area contributed by atoms with E-state index in [1.807, 2.05) is 31.2 Å². The van der Waals surface area contributed by atoms with Crippen LogP contribution < -0.4 is 54.4 Å². The van der Waals surface area contributed by atoms with Crippen LogP contribution in [0.2, 0.25) is 0 Å². The molecule has 4 aromatic rings. The summed E-state index contributed by atoms with van der Waals surface area (Å²) >= 11 is 0. The molecule has 0 spiro atoms. The van der Waals surface area contributed by atoms with Gasteiger partial charge in [-0.1, -0.05) is 68.3 Å². The Kier molecular flexibility index (Phi) is 19.6. The fraction of sp³-hybridized carbons (Fsp3) is 0.460. The molecule has 74 heavy (non-hydrogen) atoms. The van der Waals surface area contributed by atoms with E-state index in [1.54, 1.807) is 36.5 Å². The van der Waals surface area contributed by atoms with Crippen molar-refractivity contribution >= 4 is 70.0 Å². The molecule has 2 fully saturated rings. The molecule has 0 unspecified atom stereocenters. The van der Waals surface area contributed by atoms with Crippen LogP contribution in [0.1, 0.15) is 82.0 Å². The maximum absolute atomic E-state index is 15.2. The van der Waals surface area contributed by atoms with Crippen LogP contribution in [0.25, 0.3) is 10.9 Å². The van der Waals surface area contributed by atoms with Crippen molar-refractivity contribution in [3.63, 3.8) is 0 Å². The van der Waals surface area contributed by atoms with Crippen molar-refractivity contribution in [1.29, 1.82) is 0 Å². The first-order valence-corrected chi connectivity index (χ1v) is 24.8. The number of fused-ring (bicyclic) bond motifs is 2. The zero-order chi connectivity index (χ0) is 53.3. The molecule has 2 saturated heterocycles. The number of hydrogen-bond acceptors (Lipinski definition) is 11. The lowest BCUT2D eigenvalue weighted by Gasteiger charge is -2.31. The number of imidazole rings is 1. The molecular formula is C50H67N15O9. The van der Waals surface area contributed by atoms with Crippen molar-refractivity contribution in [1.82, 2.24) is 57.1 Å². The predicted molar refractivity (Wildman–Crippen MR) is 272 cm³/mol. The Balaban J connectivity index is 1.40. The van der Waals surface area contributed by atoms with Gasteiger partial charge in [0.1, 0.15) is 42.3 Å². The van der Waals surface area contributed by atoms with Crippen molar-refractivity contribution in [3.05, 3.63) is 90.1 Å². The van der Waals surface area contributed by atoms with E-state index >= 15 is 4.79 Å². The van der Waals surface area contributed by atoms with E-state index < -0.39 is 108 Å². The molecule has 0 saturated carbocycles. The van der Waals surface area contributed by atoms with Crippen molar-refractivity contribution in [3.8, 4) is 0 Å². The number of guanidine groups is 1. The third-order valence-electron chi connectivity index (χ3n) is 12.9. The number of amides is 9. The molecule has 6 rings (SSSR count). The van der Waals surface area contributed by atoms with Crippen molar-refractivity contribution in [2.75, 3.05) is 13.1 Å². The number of carbonyl (C=O) groups excluding carboxylic acids is 9. The molecule has 4 heterocycles. The average Bonchev–Trinajstić information content (AvgIpc) is 4.14. The Morgan fingerprint density at radius 3 is 2.23 bits per heavy atom. The highest BCUT2D eigenvalue weighted by atomic mass is 16.2. The van der Waals surface area contributed by atoms with Gasteiger partial charge in [-0.3, -0.25) is 43.2 Å². The monoisotopic (exact) mass is 1020 g/mol. The number of hydrogen-bond donors (Lipinski definition) is 12. The van der Waals surface area contributed by atoms with Gasteiger partial charge < -0.3 is 69.3 Å². The number of aromatic amines is 2. The summed E-state index contributed by atoms with van der Waals surface area (Å²) in [5.74, 6) is -7.07. The summed E-state index contributed by atoms with van der Waals surface area (Å²) in [4.78, 5) is 142. The van der Waals surface area contributed by atoms with Crippen LogP contribution in [0.5, 0.6) is 0 Å². The highest BCUT2D eigenvalue weighted by molar-refractivity contribution is 5.99. The predicted octanol–water partition coefficient (Wildman–Crippen LogP) is -1.54. The van der Waals surface area contributed by atoms with E-state index in [4.69, 9.17) is 17.2 Å². The van der Waals surface area contributed by atoms with E-state index in [9.17, 15) is 38.4 Å². The van der Waals surface area contributed by atoms with Gasteiger partial charge in [0, 0.05) is 74.7 Å². The summed E-state index contributed by atoms with van der Waals surface area (Å²) in [5.41, 5.74) is 19.9. The number of benzene rings is 2. The van der Waals surface area contributed by atoms with Gasteiger partial charge >= 0.3 is 0 Å². The van der Waals surface area contributed by atoms with Crippen LogP contribution in [0, 0.1) is 0 Å². The number of H-pyrrole nitrogens is 2. The SMILES string of the molecule is CCCC[C@H](NC(C)=O)C(=O)N[C@H]1CC(=O)NCCCC[C@@H](C(N)=O)NC(=O)[C@H](Cc2c[nH]c3ccccc23)NC(=O)[C@@H]2C[C@@H](N=C(N)N)CN2C(=O)[C@@H](Cc2ccccc2)NC(=O)[C@H](Cc2cnc[nH]2)NC1=O. The number of primary amides is 1. The molecule has 0 radical (unpaired) electrons. The number of nitrogens with one attached hydrogen (secondary N) is 9. The quantitative estimate of drug-likeness (QED) is 0.0505. The first-order chi connectivity index (χ1) is 35.5. The molecule has 2 aliphatic heterocycles. The maximum Gasteiger partial charge on any atom is 0.246 e. The number of nitrogens with two attached hydrogens (primary N) is 3. The second-order valence-electron chi connectivity index (χ2n) is 18.6. The minimum Gasteiger partial charge on any atom is -0.370 e. The molecular weight excluding hydrogens is 955 g/mol. The van der Waals surface area contributed by atoms with Gasteiger partial charge in [0.05, 0.1) is 18.8 Å². The van der Waals surface area contributed by atoms with Gasteiger partial charge in [-0.15, -0.1) is 0 Å². The molecule has 9 amide bonds. The van der Waals surface area contributed by atoms with E-state index in [2.05, 4.69) is 57.2 Å². The number of rotatable bonds is 14. The van der Waals surface area contributed by atoms with E-state index in [1.165, 1.54) is 24.3 Å². The number of aliphatic imine (C=N–C) groups is 1. The van der Waals surface area contributed by atoms with Crippen LogP contribution in [-0.2, 0) is 62.4 Å². The first kappa shape index (κ1) is 55.0. The number of para-hydroxylation sites is 1. The average molecular weight is 1020 g/mol. The van der Waals surface area contributed by atoms with E-state index in [0.717, 1.165) is 10.9 Å². The van der Waals surface area contributed by atoms with Gasteiger partial charge in [0.25, 0.3) is 0 Å². The molecule has 2 aliphatic rings. The van der Waals surface area contributed by atoms with Gasteiger partial charge in [0.15, 0.2) is 5.96 Å². The Bertz CT molecular complexity index is 2650. The lowest BCUT2D eigenvalue weighted by atomic mass is 10.0. The summed E-state index contributed by atoms with van der Waals surface area (Å²) in [6.45, 7) is 3.01. The summed E-state index contributed by atoms with van der Waals surface area (Å²) in [7, 11) is 0. The van der Waals surface area contributed by atoms with Crippen molar-refractivity contribution in [2.45, 2.75) is 133 Å². The zero-order valence-electron chi connectivity index (χ0n) is 41.5. The molecule has 24 nitrogen and oxygen atoms in total. The number of unbranched alkanes of at least 4 members (excludes halogenated alkanes) is 1. The van der Waals surface area contributed by atoms with Crippen LogP contribution in [0.3, 0.4) is 0 Å². The van der Waals surface area contributed by atoms with Gasteiger partial charge in [-0.2, -0.15) is 0 Å². The molecule has 0 aliphatic carbocycles. The van der Waals surface area contributed by atoms with Gasteiger partial charge in [-0.25, -0.2) is 9.98 Å². The summed E-state index contributed by atoms with van der Waals surface area (Å²) in [6.07, 6.45) is 5.53. The normalized spacial score (nSPS) is 23.2. The fourth-order valence-corrected chi connectivity index (χ4v) is 9.15. The third kappa shape index (κ3) is 15.6. The third-order valence-corrected chi connectivity index (χ3v) is 12.9. The van der Waals surface area contributed by atoms with E-state index in [0.29, 0.717) is 29.7 Å². The van der Waals surface area contributed by atoms with Crippen molar-refractivity contribution < 1.29 is 43.2 Å². The highest BCUT2D eigenvalue weighted by Crippen LogP contribution is 2.25. The first-order valence-electron chi connectivity index (χ1n) is 24.8. The Hall–Kier alpha value is -8.31. The summed E-state index contributed by atoms with van der Waals surface area (Å²) in [5, 5.41) is 19.7. The van der Waals surface area contributed by atoms with Crippen LogP contribution in [-0.4, -0.2) is 140 Å². The molecule has 396 valence electrons. The second kappa shape index (κ2) is 26.4. The molecule has 2 aromatic heterocycles. The number of carbonyl (C=O) groups is 9. The lowest BCUT2D eigenvalue weighted by Crippen LogP contribution is -2.61. The van der Waals surface area contributed by atoms with Crippen LogP contribution in [0.15, 0.2) is 78.3 Å². The summed E-state index contributed by atoms with van der Waals surface area (Å²) < 4.78 is 0. The maximum atomic E-state index is 15.2. The lowest BCUT2D eigenvalue weighted by molar-refractivity contribution is -0.142. The molecule has 8 atom stereocenters. The Labute approximate surface area is 427 Å². The van der Waals surface area contributed by atoms with Crippen molar-refractivity contribution in [2.24, 2.45) is 22.2 Å². The Morgan fingerprint density at radius 2 is 1.53 bits per heavy atom. The van der Waals surface area contributed by atoms with Gasteiger partial charge in [-0.05, 0) is 42.9 Å². The minimum absolute atomic E-state index is 0.0424. The smallest absolute Gasteiger partial charge is 0.246 e. The van der Waals surface area contributed by atoms with Gasteiger partial charge in [0.2, 0.25) is 53.2 Å². The highest BCUT2D eigenvalue weighted by Gasteiger charge is 2.44. The number of aromatic nitrogens is 3. The largest absolute Gasteiger partial charge is 0.370 e. The minimum atomic E-state index is -1.58. The van der Waals surface area contributed by atoms with E-state index in [-0.39, 0.29) is 70.4 Å². The standard InChI is InChI=1S/C50H67N15O9/c1-3-4-15-36(58-28(2)66)44(69)62-39-23-42(67)55-18-11-10-17-35(43(51)68)60-45(70)37(20-30-24-56-34-16-9-8-14-33(30)34)63-48(73)41-22-32(59-50(52)53)26-65(41)49(74)40(19-29-12-6-5-7-13-29)64-46(71)38(61-47(39)72)21-31-25-54-27-57-31/h5-9,12-14,16,24-25,27,32,35-41,56H,3-4,10-11,15,17-23,26H2,1-2H3,(H2,51,68)(H,54,57)(H,55,67)(H,58,66)(H,60,70)(H,61,72)(H,62,69)(H,63,73)(H,64,71)(H4,52,53,59)/t32-,35+,36+,37+,38+,39+,40-,41+/m1/s1.